The van der Waals surface area contributed by atoms with Gasteiger partial charge in [-0.05, 0) is 18.2 Å². The van der Waals surface area contributed by atoms with E-state index in [1.165, 1.54) is 30.1 Å². The van der Waals surface area contributed by atoms with Crippen molar-refractivity contribution in [1.82, 2.24) is 15.1 Å². The number of nitrogens with one attached hydrogen (secondary N) is 1. The lowest BCUT2D eigenvalue weighted by Crippen LogP contribution is -2.22. The summed E-state index contributed by atoms with van der Waals surface area (Å²) >= 11 is 0. The molecule has 9 nitrogen and oxygen atoms in total. The summed E-state index contributed by atoms with van der Waals surface area (Å²) in [6.07, 6.45) is 2.98. The summed E-state index contributed by atoms with van der Waals surface area (Å²) in [6.45, 7) is 0.252. The minimum Gasteiger partial charge on any atom is -0.493 e. The van der Waals surface area contributed by atoms with E-state index < -0.39 is 4.92 Å². The number of hydrogen-bond donors (Lipinski definition) is 1. The predicted molar refractivity (Wildman–Crippen MR) is 101 cm³/mol. The fourth-order valence-electron chi connectivity index (χ4n) is 2.68. The highest BCUT2D eigenvalue weighted by Gasteiger charge is 2.13. The molecule has 1 N–H and O–H groups in total. The topological polar surface area (TPSA) is 109 Å². The van der Waals surface area contributed by atoms with Crippen LogP contribution in [0.25, 0.3) is 5.69 Å². The SMILES string of the molecule is COc1cccc(CNC(=O)c2cnn(-c3ccc([N+](=O)[O-])cc3)c2)c1OC. The van der Waals surface area contributed by atoms with Crippen LogP contribution in [0, 0.1) is 10.1 Å². The van der Waals surface area contributed by atoms with Crippen LogP contribution in [0.3, 0.4) is 0 Å². The molecule has 144 valence electrons. The number of ether oxygens (including phenoxy) is 2. The Morgan fingerprint density at radius 3 is 2.57 bits per heavy atom. The van der Waals surface area contributed by atoms with E-state index in [9.17, 15) is 14.9 Å². The molecule has 3 aromatic rings. The first kappa shape index (κ1) is 18.9. The molecular weight excluding hydrogens is 364 g/mol. The molecule has 1 aromatic heterocycles. The Hall–Kier alpha value is -3.88. The molecule has 0 unspecified atom stereocenters. The third kappa shape index (κ3) is 3.93. The van der Waals surface area contributed by atoms with Crippen molar-refractivity contribution < 1.29 is 19.2 Å². The van der Waals surface area contributed by atoms with Crippen LogP contribution in [0.4, 0.5) is 5.69 Å². The number of carbonyl (C=O) groups excluding carboxylic acids is 1. The van der Waals surface area contributed by atoms with Gasteiger partial charge in [0.1, 0.15) is 0 Å². The molecule has 3 rings (SSSR count). The molecule has 0 fully saturated rings. The maximum Gasteiger partial charge on any atom is 0.269 e. The number of rotatable bonds is 7. The molecule has 9 heteroatoms. The first-order valence-corrected chi connectivity index (χ1v) is 8.31. The van der Waals surface area contributed by atoms with Crippen LogP contribution < -0.4 is 14.8 Å². The van der Waals surface area contributed by atoms with Crippen LogP contribution in [-0.2, 0) is 6.54 Å². The number of amides is 1. The number of aromatic nitrogens is 2. The number of methoxy groups -OCH3 is 2. The van der Waals surface area contributed by atoms with E-state index >= 15 is 0 Å². The monoisotopic (exact) mass is 382 g/mol. The minimum atomic E-state index is -0.474. The molecule has 0 saturated heterocycles. The Bertz CT molecular complexity index is 998. The summed E-state index contributed by atoms with van der Waals surface area (Å²) < 4.78 is 12.1. The van der Waals surface area contributed by atoms with Gasteiger partial charge in [-0.25, -0.2) is 4.68 Å². The van der Waals surface area contributed by atoms with E-state index in [-0.39, 0.29) is 18.1 Å². The van der Waals surface area contributed by atoms with E-state index in [4.69, 9.17) is 9.47 Å². The molecule has 0 saturated carbocycles. The lowest BCUT2D eigenvalue weighted by atomic mass is 10.1. The zero-order valence-electron chi connectivity index (χ0n) is 15.3. The van der Waals surface area contributed by atoms with Gasteiger partial charge >= 0.3 is 0 Å². The fraction of sp³-hybridized carbons (Fsp3) is 0.158. The van der Waals surface area contributed by atoms with E-state index in [0.29, 0.717) is 22.7 Å². The van der Waals surface area contributed by atoms with Gasteiger partial charge in [0.15, 0.2) is 11.5 Å². The number of nitrogens with zero attached hydrogens (tertiary/aromatic N) is 3. The molecule has 0 radical (unpaired) electrons. The third-order valence-corrected chi connectivity index (χ3v) is 4.09. The summed E-state index contributed by atoms with van der Waals surface area (Å²) in [5.74, 6) is 0.838. The van der Waals surface area contributed by atoms with Crippen LogP contribution in [-0.4, -0.2) is 34.8 Å². The van der Waals surface area contributed by atoms with Crippen LogP contribution >= 0.6 is 0 Å². The summed E-state index contributed by atoms with van der Waals surface area (Å²) in [7, 11) is 3.09. The molecular formula is C19H18N4O5. The summed E-state index contributed by atoms with van der Waals surface area (Å²) in [5, 5.41) is 17.7. The van der Waals surface area contributed by atoms with E-state index in [1.807, 2.05) is 12.1 Å². The third-order valence-electron chi connectivity index (χ3n) is 4.09. The van der Waals surface area contributed by atoms with Gasteiger partial charge in [0.25, 0.3) is 11.6 Å². The molecule has 0 bridgehead atoms. The van der Waals surface area contributed by atoms with Crippen molar-refractivity contribution in [3.8, 4) is 17.2 Å². The predicted octanol–water partition coefficient (Wildman–Crippen LogP) is 2.73. The number of non-ortho nitro benzene ring substituents is 1. The van der Waals surface area contributed by atoms with Crippen LogP contribution in [0.15, 0.2) is 54.9 Å². The molecule has 1 amide bonds. The Kier molecular flexibility index (Phi) is 5.54. The van der Waals surface area contributed by atoms with Crippen LogP contribution in [0.1, 0.15) is 15.9 Å². The van der Waals surface area contributed by atoms with E-state index in [1.54, 1.807) is 31.5 Å². The number of para-hydroxylation sites is 1. The highest BCUT2D eigenvalue weighted by Crippen LogP contribution is 2.30. The van der Waals surface area contributed by atoms with Crippen molar-refractivity contribution in [2.24, 2.45) is 0 Å². The van der Waals surface area contributed by atoms with Gasteiger partial charge in [0, 0.05) is 30.4 Å². The number of nitro groups is 1. The van der Waals surface area contributed by atoms with Gasteiger partial charge < -0.3 is 14.8 Å². The number of benzene rings is 2. The smallest absolute Gasteiger partial charge is 0.269 e. The summed E-state index contributed by atoms with van der Waals surface area (Å²) in [6, 6.07) is 11.3. The number of nitro benzene ring substituents is 1. The fourth-order valence-corrected chi connectivity index (χ4v) is 2.68. The van der Waals surface area contributed by atoms with Gasteiger partial charge in [-0.1, -0.05) is 12.1 Å². The lowest BCUT2D eigenvalue weighted by molar-refractivity contribution is -0.384. The van der Waals surface area contributed by atoms with Crippen molar-refractivity contribution in [1.29, 1.82) is 0 Å². The maximum atomic E-state index is 12.4. The second-order valence-corrected chi connectivity index (χ2v) is 5.78. The zero-order chi connectivity index (χ0) is 20.1. The first-order valence-electron chi connectivity index (χ1n) is 8.31. The second kappa shape index (κ2) is 8.21. The van der Waals surface area contributed by atoms with Crippen molar-refractivity contribution >= 4 is 11.6 Å². The normalized spacial score (nSPS) is 10.4. The van der Waals surface area contributed by atoms with E-state index in [2.05, 4.69) is 10.4 Å². The van der Waals surface area contributed by atoms with Gasteiger partial charge in [-0.3, -0.25) is 14.9 Å². The minimum absolute atomic E-state index is 0.0129. The average Bonchev–Trinajstić information content (AvgIpc) is 3.22. The molecule has 0 spiro atoms. The Labute approximate surface area is 160 Å². The van der Waals surface area contributed by atoms with Crippen molar-refractivity contribution in [2.45, 2.75) is 6.54 Å². The highest BCUT2D eigenvalue weighted by molar-refractivity contribution is 5.93. The molecule has 28 heavy (non-hydrogen) atoms. The average molecular weight is 382 g/mol. The molecule has 0 atom stereocenters. The molecule has 1 heterocycles. The number of carbonyl (C=O) groups is 1. The van der Waals surface area contributed by atoms with Crippen LogP contribution in [0.5, 0.6) is 11.5 Å². The standard InChI is InChI=1S/C19H18N4O5/c1-27-17-5-3-4-13(18(17)28-2)10-20-19(24)14-11-21-22(12-14)15-6-8-16(9-7-15)23(25)26/h3-9,11-12H,10H2,1-2H3,(H,20,24). The van der Waals surface area contributed by atoms with Crippen molar-refractivity contribution in [3.63, 3.8) is 0 Å². The van der Waals surface area contributed by atoms with Gasteiger partial charge in [-0.2, -0.15) is 5.10 Å². The first-order chi connectivity index (χ1) is 13.5. The van der Waals surface area contributed by atoms with Crippen LogP contribution in [0.2, 0.25) is 0 Å². The zero-order valence-corrected chi connectivity index (χ0v) is 15.3. The Morgan fingerprint density at radius 1 is 1.18 bits per heavy atom. The molecule has 2 aromatic carbocycles. The van der Waals surface area contributed by atoms with E-state index in [0.717, 1.165) is 5.56 Å². The number of hydrogen-bond acceptors (Lipinski definition) is 6. The quantitative estimate of drug-likeness (QED) is 0.497. The molecule has 0 aliphatic carbocycles. The second-order valence-electron chi connectivity index (χ2n) is 5.78. The molecule has 0 aliphatic rings. The van der Waals surface area contributed by atoms with Gasteiger partial charge in [0.2, 0.25) is 0 Å². The summed E-state index contributed by atoms with van der Waals surface area (Å²) in [4.78, 5) is 22.7. The lowest BCUT2D eigenvalue weighted by Gasteiger charge is -2.12. The van der Waals surface area contributed by atoms with Crippen molar-refractivity contribution in [3.05, 3.63) is 76.1 Å². The Morgan fingerprint density at radius 2 is 1.93 bits per heavy atom. The van der Waals surface area contributed by atoms with Gasteiger partial charge in [0.05, 0.1) is 36.6 Å². The maximum absolute atomic E-state index is 12.4. The highest BCUT2D eigenvalue weighted by atomic mass is 16.6. The molecule has 0 aliphatic heterocycles. The van der Waals surface area contributed by atoms with Crippen molar-refractivity contribution in [2.75, 3.05) is 14.2 Å². The largest absolute Gasteiger partial charge is 0.493 e. The van der Waals surface area contributed by atoms with Gasteiger partial charge in [-0.15, -0.1) is 0 Å². The summed E-state index contributed by atoms with van der Waals surface area (Å²) in [5.41, 5.74) is 1.73. The Balaban J connectivity index is 1.70.